The lowest BCUT2D eigenvalue weighted by atomic mass is 9.71. The lowest BCUT2D eigenvalue weighted by Crippen LogP contribution is -2.51. The highest BCUT2D eigenvalue weighted by atomic mass is 16.3. The minimum atomic E-state index is -2.71. The molecule has 1 atom stereocenters. The van der Waals surface area contributed by atoms with Crippen molar-refractivity contribution in [1.29, 1.82) is 0 Å². The molecule has 0 saturated heterocycles. The van der Waals surface area contributed by atoms with Gasteiger partial charge in [0.15, 0.2) is 0 Å². The van der Waals surface area contributed by atoms with E-state index >= 15 is 0 Å². The van der Waals surface area contributed by atoms with E-state index in [1.807, 2.05) is 44.2 Å². The van der Waals surface area contributed by atoms with Gasteiger partial charge in [-0.25, -0.2) is 0 Å². The second kappa shape index (κ2) is 8.30. The zero-order valence-corrected chi connectivity index (χ0v) is 14.7. The van der Waals surface area contributed by atoms with Crippen LogP contribution in [0.1, 0.15) is 71.6 Å². The summed E-state index contributed by atoms with van der Waals surface area (Å²) in [6.07, 6.45) is 5.65. The van der Waals surface area contributed by atoms with Crippen molar-refractivity contribution in [2.45, 2.75) is 64.8 Å². The molecule has 0 amide bonds. The first-order chi connectivity index (χ1) is 13.0. The van der Waals surface area contributed by atoms with E-state index in [0.717, 1.165) is 31.2 Å². The van der Waals surface area contributed by atoms with E-state index in [0.29, 0.717) is 26.1 Å². The maximum absolute atomic E-state index is 11.9. The second-order valence-corrected chi connectivity index (χ2v) is 6.99. The predicted octanol–water partition coefficient (Wildman–Crippen LogP) is 4.72. The maximum atomic E-state index is 11.9. The second-order valence-electron chi connectivity index (χ2n) is 6.99. The van der Waals surface area contributed by atoms with Gasteiger partial charge >= 0.3 is 0 Å². The van der Waals surface area contributed by atoms with Crippen molar-refractivity contribution in [3.63, 3.8) is 0 Å². The van der Waals surface area contributed by atoms with Crippen molar-refractivity contribution in [2.24, 2.45) is 5.92 Å². The molecule has 2 nitrogen and oxygen atoms in total. The summed E-state index contributed by atoms with van der Waals surface area (Å²) in [5.41, 5.74) is -0.193. The van der Waals surface area contributed by atoms with Crippen molar-refractivity contribution in [1.82, 2.24) is 0 Å². The fraction of sp³-hybridized carbons (Fsp3) is 0.714. The number of benzene rings is 1. The molecule has 0 spiro atoms. The van der Waals surface area contributed by atoms with Crippen LogP contribution in [0.25, 0.3) is 0 Å². The Labute approximate surface area is 150 Å². The molecule has 0 aliphatic heterocycles. The number of quaternary nitrogens is 1. The van der Waals surface area contributed by atoms with Crippen molar-refractivity contribution in [2.75, 3.05) is 26.1 Å². The van der Waals surface area contributed by atoms with Gasteiger partial charge in [0.05, 0.1) is 34.5 Å². The molecule has 1 aliphatic carbocycles. The maximum Gasteiger partial charge on any atom is 0.0978 e. The average Bonchev–Trinajstić information content (AvgIpc) is 2.69. The van der Waals surface area contributed by atoms with Gasteiger partial charge in [0.25, 0.3) is 0 Å². The van der Waals surface area contributed by atoms with Crippen LogP contribution in [-0.4, -0.2) is 35.7 Å². The number of nitrogens with zero attached hydrogens (tertiary/aromatic N) is 1. The van der Waals surface area contributed by atoms with Gasteiger partial charge in [-0.3, -0.25) is 0 Å². The Morgan fingerprint density at radius 2 is 1.83 bits per heavy atom. The summed E-state index contributed by atoms with van der Waals surface area (Å²) < 4.78 is 40.0. The average molecular weight is 324 g/mol. The van der Waals surface area contributed by atoms with Crippen molar-refractivity contribution in [3.05, 3.63) is 35.9 Å². The summed E-state index contributed by atoms with van der Waals surface area (Å²) in [5.74, 6) is 0.123. The van der Waals surface area contributed by atoms with Crippen LogP contribution >= 0.6 is 0 Å². The van der Waals surface area contributed by atoms with Crippen LogP contribution in [0.4, 0.5) is 0 Å². The molecule has 1 aliphatic rings. The van der Waals surface area contributed by atoms with E-state index in [4.69, 9.17) is 6.85 Å². The van der Waals surface area contributed by atoms with Crippen LogP contribution in [0, 0.1) is 5.92 Å². The van der Waals surface area contributed by atoms with Crippen molar-refractivity contribution < 1.29 is 16.4 Å². The van der Waals surface area contributed by atoms with Crippen LogP contribution in [0.15, 0.2) is 30.3 Å². The van der Waals surface area contributed by atoms with Gasteiger partial charge in [0.2, 0.25) is 0 Å². The molecule has 2 heteroatoms. The SMILES string of the molecule is [2H]C([2H])([2H])C([2H])([2H])[N+](CC)(CC)CCC(O)(c1ccccc1)C1CCCCC1. The van der Waals surface area contributed by atoms with Crippen LogP contribution < -0.4 is 0 Å². The summed E-state index contributed by atoms with van der Waals surface area (Å²) in [4.78, 5) is 0. The molecule has 1 fully saturated rings. The number of rotatable bonds is 8. The summed E-state index contributed by atoms with van der Waals surface area (Å²) >= 11 is 0. The molecule has 0 radical (unpaired) electrons. The molecule has 1 unspecified atom stereocenters. The van der Waals surface area contributed by atoms with E-state index in [1.165, 1.54) is 6.42 Å². The van der Waals surface area contributed by atoms with E-state index in [2.05, 4.69) is 0 Å². The van der Waals surface area contributed by atoms with E-state index in [-0.39, 0.29) is 10.4 Å². The first-order valence-corrected chi connectivity index (χ1v) is 9.18. The fourth-order valence-electron chi connectivity index (χ4n) is 4.03. The zero-order valence-electron chi connectivity index (χ0n) is 19.7. The summed E-state index contributed by atoms with van der Waals surface area (Å²) in [7, 11) is 0. The molecular formula is C21H36NO+. The Morgan fingerprint density at radius 1 is 1.17 bits per heavy atom. The standard InChI is InChI=1S/C21H36NO/c1-4-22(5-2,6-3)18-17-21(23,19-13-9-7-10-14-19)20-15-11-8-12-16-20/h7,9-10,13-14,20,23H,4-6,8,11-12,15-18H2,1-3H3/q+1/i1D3,4D2. The van der Waals surface area contributed by atoms with Gasteiger partial charge in [-0.05, 0) is 45.0 Å². The smallest absolute Gasteiger partial charge is 0.0978 e. The third-order valence-electron chi connectivity index (χ3n) is 5.92. The van der Waals surface area contributed by atoms with Gasteiger partial charge in [-0.1, -0.05) is 49.6 Å². The monoisotopic (exact) mass is 323 g/mol. The molecule has 1 saturated carbocycles. The molecule has 0 heterocycles. The van der Waals surface area contributed by atoms with Crippen molar-refractivity contribution in [3.8, 4) is 0 Å². The molecular weight excluding hydrogens is 282 g/mol. The highest BCUT2D eigenvalue weighted by molar-refractivity contribution is 5.23. The van der Waals surface area contributed by atoms with Crippen LogP contribution in [0.3, 0.4) is 0 Å². The van der Waals surface area contributed by atoms with E-state index in [1.54, 1.807) is 0 Å². The first kappa shape index (κ1) is 12.5. The third-order valence-corrected chi connectivity index (χ3v) is 5.92. The number of aliphatic hydroxyl groups is 1. The first-order valence-electron chi connectivity index (χ1n) is 11.7. The lowest BCUT2D eigenvalue weighted by molar-refractivity contribution is -0.924. The number of hydrogen-bond donors (Lipinski definition) is 1. The quantitative estimate of drug-likeness (QED) is 0.686. The van der Waals surface area contributed by atoms with E-state index in [9.17, 15) is 5.11 Å². The molecule has 1 N–H and O–H groups in total. The zero-order chi connectivity index (χ0) is 21.1. The summed E-state index contributed by atoms with van der Waals surface area (Å²) in [6.45, 7) is -0.352. The molecule has 0 aromatic heterocycles. The summed E-state index contributed by atoms with van der Waals surface area (Å²) in [6, 6.07) is 9.66. The Morgan fingerprint density at radius 3 is 2.39 bits per heavy atom. The van der Waals surface area contributed by atoms with Crippen LogP contribution in [0.5, 0.6) is 0 Å². The molecule has 2 rings (SSSR count). The largest absolute Gasteiger partial charge is 0.385 e. The normalized spacial score (nSPS) is 23.9. The molecule has 1 aromatic carbocycles. The van der Waals surface area contributed by atoms with Gasteiger partial charge in [0.1, 0.15) is 0 Å². The molecule has 23 heavy (non-hydrogen) atoms. The Bertz CT molecular complexity index is 609. The third kappa shape index (κ3) is 4.16. The highest BCUT2D eigenvalue weighted by Gasteiger charge is 2.40. The fourth-order valence-corrected chi connectivity index (χ4v) is 4.03. The minimum Gasteiger partial charge on any atom is -0.385 e. The lowest BCUT2D eigenvalue weighted by Gasteiger charge is -2.43. The van der Waals surface area contributed by atoms with Crippen molar-refractivity contribution >= 4 is 0 Å². The highest BCUT2D eigenvalue weighted by Crippen LogP contribution is 2.42. The van der Waals surface area contributed by atoms with Gasteiger partial charge < -0.3 is 9.59 Å². The number of hydrogen-bond acceptors (Lipinski definition) is 1. The minimum absolute atomic E-state index is 0.123. The van der Waals surface area contributed by atoms with Gasteiger partial charge in [-0.15, -0.1) is 0 Å². The summed E-state index contributed by atoms with van der Waals surface area (Å²) in [5, 5.41) is 11.9. The van der Waals surface area contributed by atoms with Gasteiger partial charge in [0, 0.05) is 10.5 Å². The molecule has 130 valence electrons. The Kier molecular flexibility index (Phi) is 4.51. The van der Waals surface area contributed by atoms with E-state index < -0.39 is 18.9 Å². The Balaban J connectivity index is 2.38. The van der Waals surface area contributed by atoms with Gasteiger partial charge in [-0.2, -0.15) is 0 Å². The predicted molar refractivity (Wildman–Crippen MR) is 98.3 cm³/mol. The molecule has 0 bridgehead atoms. The van der Waals surface area contributed by atoms with Crippen LogP contribution in [0.2, 0.25) is 0 Å². The van der Waals surface area contributed by atoms with Crippen LogP contribution in [-0.2, 0) is 5.60 Å². The molecule has 1 aromatic rings. The Hall–Kier alpha value is -0.860. The topological polar surface area (TPSA) is 20.2 Å².